The van der Waals surface area contributed by atoms with Gasteiger partial charge < -0.3 is 4.79 Å². The van der Waals surface area contributed by atoms with Crippen LogP contribution in [0.25, 0.3) is 0 Å². The lowest BCUT2D eigenvalue weighted by Gasteiger charge is -2.22. The maximum absolute atomic E-state index is 11.9. The molecule has 0 aliphatic heterocycles. The molecule has 2 nitrogen and oxygen atoms in total. The van der Waals surface area contributed by atoms with Crippen molar-refractivity contribution >= 4 is 28.8 Å². The first-order chi connectivity index (χ1) is 13.9. The summed E-state index contributed by atoms with van der Waals surface area (Å²) in [6, 6.07) is 16.3. The quantitative estimate of drug-likeness (QED) is 0.441. The number of allylic oxidation sites excluding steroid dienone is 4. The zero-order chi connectivity index (χ0) is 20.8. The Labute approximate surface area is 179 Å². The van der Waals surface area contributed by atoms with E-state index in [0.29, 0.717) is 17.4 Å². The van der Waals surface area contributed by atoms with Crippen LogP contribution in [-0.2, 0) is 4.79 Å². The number of rotatable bonds is 7. The minimum absolute atomic E-state index is 0.156. The molecule has 1 aliphatic carbocycles. The Morgan fingerprint density at radius 1 is 1.14 bits per heavy atom. The third-order valence-electron chi connectivity index (χ3n) is 5.39. The normalized spacial score (nSPS) is 17.7. The predicted molar refractivity (Wildman–Crippen MR) is 123 cm³/mol. The number of Topliss-reactive ketones (excluding diaryl/α,β-unsaturated/α-hetero) is 1. The molecule has 0 bridgehead atoms. The summed E-state index contributed by atoms with van der Waals surface area (Å²) in [5.41, 5.74) is 5.58. The van der Waals surface area contributed by atoms with E-state index in [1.54, 1.807) is 6.92 Å². The summed E-state index contributed by atoms with van der Waals surface area (Å²) >= 11 is 6.13. The van der Waals surface area contributed by atoms with E-state index in [-0.39, 0.29) is 11.7 Å². The Bertz CT molecular complexity index is 956. The van der Waals surface area contributed by atoms with E-state index in [4.69, 9.17) is 16.6 Å². The average molecular weight is 406 g/mol. The van der Waals surface area contributed by atoms with Gasteiger partial charge in [0.05, 0.1) is 5.69 Å². The van der Waals surface area contributed by atoms with Gasteiger partial charge in [-0.15, -0.1) is 0 Å². The smallest absolute Gasteiger partial charge is 0.130 e. The number of nitrogens with zero attached hydrogens (tertiary/aromatic N) is 1. The van der Waals surface area contributed by atoms with E-state index in [0.717, 1.165) is 29.8 Å². The lowest BCUT2D eigenvalue weighted by atomic mass is 9.82. The van der Waals surface area contributed by atoms with Gasteiger partial charge in [0.15, 0.2) is 0 Å². The fraction of sp³-hybridized carbons (Fsp3) is 0.308. The third-order valence-corrected chi connectivity index (χ3v) is 5.62. The molecule has 2 unspecified atom stereocenters. The van der Waals surface area contributed by atoms with Gasteiger partial charge in [-0.25, -0.2) is 0 Å². The molecule has 0 saturated carbocycles. The summed E-state index contributed by atoms with van der Waals surface area (Å²) in [5, 5.41) is 0.687. The average Bonchev–Trinajstić information content (AvgIpc) is 2.71. The number of hydrogen-bond donors (Lipinski definition) is 0. The molecule has 2 aromatic carbocycles. The molecule has 150 valence electrons. The summed E-state index contributed by atoms with van der Waals surface area (Å²) in [7, 11) is 0. The number of aryl methyl sites for hydroxylation is 1. The first-order valence-corrected chi connectivity index (χ1v) is 10.5. The number of aliphatic imine (C=N–C) groups is 1. The molecule has 3 rings (SSSR count). The second-order valence-corrected chi connectivity index (χ2v) is 8.34. The van der Waals surface area contributed by atoms with Crippen LogP contribution < -0.4 is 0 Å². The van der Waals surface area contributed by atoms with Crippen molar-refractivity contribution in [2.75, 3.05) is 0 Å². The summed E-state index contributed by atoms with van der Waals surface area (Å²) in [6.07, 6.45) is 9.03. The summed E-state index contributed by atoms with van der Waals surface area (Å²) in [4.78, 5) is 16.7. The molecule has 0 fully saturated rings. The van der Waals surface area contributed by atoms with Crippen LogP contribution in [0.5, 0.6) is 0 Å². The van der Waals surface area contributed by atoms with Gasteiger partial charge >= 0.3 is 0 Å². The van der Waals surface area contributed by atoms with Gasteiger partial charge in [0.1, 0.15) is 5.78 Å². The third kappa shape index (κ3) is 6.01. The highest BCUT2D eigenvalue weighted by Crippen LogP contribution is 2.32. The van der Waals surface area contributed by atoms with Crippen molar-refractivity contribution in [2.24, 2.45) is 10.9 Å². The fourth-order valence-corrected chi connectivity index (χ4v) is 4.02. The van der Waals surface area contributed by atoms with Crippen LogP contribution in [0.1, 0.15) is 50.2 Å². The van der Waals surface area contributed by atoms with Crippen molar-refractivity contribution in [3.05, 3.63) is 88.5 Å². The van der Waals surface area contributed by atoms with E-state index < -0.39 is 0 Å². The highest BCUT2D eigenvalue weighted by atomic mass is 35.5. The van der Waals surface area contributed by atoms with E-state index in [1.807, 2.05) is 38.1 Å². The van der Waals surface area contributed by atoms with Crippen molar-refractivity contribution in [1.29, 1.82) is 0 Å². The summed E-state index contributed by atoms with van der Waals surface area (Å²) in [5.74, 6) is 0.770. The molecule has 3 heteroatoms. The van der Waals surface area contributed by atoms with Crippen molar-refractivity contribution in [1.82, 2.24) is 0 Å². The molecule has 0 radical (unpaired) electrons. The first kappa shape index (κ1) is 21.3. The Morgan fingerprint density at radius 2 is 1.90 bits per heavy atom. The maximum atomic E-state index is 11.9. The van der Waals surface area contributed by atoms with Crippen LogP contribution in [0.4, 0.5) is 5.69 Å². The Hall–Kier alpha value is -2.45. The molecule has 0 amide bonds. The largest absolute Gasteiger partial charge is 0.300 e. The molecular weight excluding hydrogens is 378 g/mol. The Balaban J connectivity index is 1.75. The van der Waals surface area contributed by atoms with Gasteiger partial charge in [-0.05, 0) is 68.4 Å². The van der Waals surface area contributed by atoms with Crippen LogP contribution >= 0.6 is 11.6 Å². The number of carbonyl (C=O) groups is 1. The van der Waals surface area contributed by atoms with Crippen molar-refractivity contribution in [3.63, 3.8) is 0 Å². The molecule has 2 aromatic rings. The first-order valence-electron chi connectivity index (χ1n) is 10.2. The van der Waals surface area contributed by atoms with E-state index in [9.17, 15) is 4.79 Å². The maximum Gasteiger partial charge on any atom is 0.130 e. The van der Waals surface area contributed by atoms with E-state index in [2.05, 4.69) is 42.5 Å². The Kier molecular flexibility index (Phi) is 7.22. The van der Waals surface area contributed by atoms with Crippen molar-refractivity contribution < 1.29 is 4.79 Å². The number of halogens is 1. The topological polar surface area (TPSA) is 29.4 Å². The second-order valence-electron chi connectivity index (χ2n) is 7.90. The SMILES string of the molecule is CC(=O)CC(CC(C)=Nc1cc(Cl)ccc1C)C1=CCC(c2ccccc2)C=C1. The van der Waals surface area contributed by atoms with Crippen LogP contribution in [0, 0.1) is 12.8 Å². The molecule has 0 aromatic heterocycles. The second kappa shape index (κ2) is 9.84. The monoisotopic (exact) mass is 405 g/mol. The highest BCUT2D eigenvalue weighted by molar-refractivity contribution is 6.30. The molecule has 0 N–H and O–H groups in total. The van der Waals surface area contributed by atoms with Gasteiger partial charge in [-0.1, -0.05) is 66.2 Å². The van der Waals surface area contributed by atoms with E-state index in [1.165, 1.54) is 11.1 Å². The molecule has 2 atom stereocenters. The van der Waals surface area contributed by atoms with Crippen LogP contribution in [0.3, 0.4) is 0 Å². The van der Waals surface area contributed by atoms with Gasteiger partial charge in [0.25, 0.3) is 0 Å². The molecule has 0 saturated heterocycles. The molecular formula is C26H28ClNO. The van der Waals surface area contributed by atoms with Gasteiger partial charge in [-0.3, -0.25) is 4.99 Å². The fourth-order valence-electron chi connectivity index (χ4n) is 3.85. The van der Waals surface area contributed by atoms with Gasteiger partial charge in [0, 0.05) is 23.1 Å². The van der Waals surface area contributed by atoms with Crippen molar-refractivity contribution in [3.8, 4) is 0 Å². The van der Waals surface area contributed by atoms with Crippen LogP contribution in [0.15, 0.2) is 77.3 Å². The number of ketones is 1. The van der Waals surface area contributed by atoms with Gasteiger partial charge in [0.2, 0.25) is 0 Å². The van der Waals surface area contributed by atoms with Crippen molar-refractivity contribution in [2.45, 2.75) is 46.0 Å². The molecule has 1 aliphatic rings. The number of benzene rings is 2. The summed E-state index contributed by atoms with van der Waals surface area (Å²) in [6.45, 7) is 5.74. The molecule has 29 heavy (non-hydrogen) atoms. The minimum atomic E-state index is 0.156. The predicted octanol–water partition coefficient (Wildman–Crippen LogP) is 7.40. The standard InChI is InChI=1S/C26H28ClNO/c1-18-9-14-25(27)17-26(18)28-19(2)15-24(16-20(3)29)23-12-10-22(11-13-23)21-7-5-4-6-8-21/h4-10,12-14,17,22,24H,11,15-16H2,1-3H3. The van der Waals surface area contributed by atoms with Gasteiger partial charge in [-0.2, -0.15) is 0 Å². The summed E-state index contributed by atoms with van der Waals surface area (Å²) < 4.78 is 0. The molecule has 0 spiro atoms. The zero-order valence-corrected chi connectivity index (χ0v) is 18.1. The Morgan fingerprint density at radius 3 is 2.55 bits per heavy atom. The number of hydrogen-bond acceptors (Lipinski definition) is 2. The minimum Gasteiger partial charge on any atom is -0.300 e. The molecule has 0 heterocycles. The van der Waals surface area contributed by atoms with E-state index >= 15 is 0 Å². The lowest BCUT2D eigenvalue weighted by Crippen LogP contribution is -2.14. The van der Waals surface area contributed by atoms with Crippen LogP contribution in [-0.4, -0.2) is 11.5 Å². The lowest BCUT2D eigenvalue weighted by molar-refractivity contribution is -0.117. The number of carbonyl (C=O) groups excluding carboxylic acids is 1. The van der Waals surface area contributed by atoms with Crippen LogP contribution in [0.2, 0.25) is 5.02 Å². The zero-order valence-electron chi connectivity index (χ0n) is 17.4. The highest BCUT2D eigenvalue weighted by Gasteiger charge is 2.20.